The van der Waals surface area contributed by atoms with Crippen molar-refractivity contribution in [3.05, 3.63) is 54.6 Å². The van der Waals surface area contributed by atoms with Crippen LogP contribution in [0.15, 0.2) is 48.4 Å². The molecule has 0 saturated carbocycles. The van der Waals surface area contributed by atoms with E-state index in [0.29, 0.717) is 12.8 Å². The number of hydrogen-bond acceptors (Lipinski definition) is 7. The van der Waals surface area contributed by atoms with Crippen molar-refractivity contribution in [2.75, 3.05) is 13.2 Å². The maximum atomic E-state index is 13.0. The van der Waals surface area contributed by atoms with Gasteiger partial charge in [0.25, 0.3) is 0 Å². The molecule has 59 heavy (non-hydrogen) atoms. The zero-order valence-corrected chi connectivity index (χ0v) is 41.9. The maximum Gasteiger partial charge on any atom is 1.00 e. The zero-order valence-electron chi connectivity index (χ0n) is 37.9. The van der Waals surface area contributed by atoms with Gasteiger partial charge in [0.1, 0.15) is 10.1 Å². The summed E-state index contributed by atoms with van der Waals surface area (Å²) >= 11 is 0. The van der Waals surface area contributed by atoms with Crippen LogP contribution >= 0.6 is 0 Å². The number of rotatable bonds is 43. The SMILES string of the molecule is C=CCCCCCCCCCCCCCCCCCCCOC(=O)c1cccc(S(=O)(=O)[O-])c1C(=O)OCCCCCCCCCCCCCCCCCCCC=C.[K+]. The molecule has 0 N–H and O–H groups in total. The average molecular weight is 869 g/mol. The number of carbonyl (C=O) groups excluding carboxylic acids is 2. The van der Waals surface area contributed by atoms with E-state index >= 15 is 0 Å². The van der Waals surface area contributed by atoms with Gasteiger partial charge < -0.3 is 14.0 Å². The Morgan fingerprint density at radius 2 is 0.729 bits per heavy atom. The van der Waals surface area contributed by atoms with Gasteiger partial charge in [0, 0.05) is 0 Å². The third-order valence-corrected chi connectivity index (χ3v) is 12.2. The van der Waals surface area contributed by atoms with Gasteiger partial charge in [-0.05, 0) is 50.7 Å². The fraction of sp³-hybridized carbons (Fsp3) is 0.760. The number of hydrogen-bond donors (Lipinski definition) is 0. The first-order valence-electron chi connectivity index (χ1n) is 24.0. The van der Waals surface area contributed by atoms with Crippen LogP contribution in [0.25, 0.3) is 0 Å². The Morgan fingerprint density at radius 1 is 0.458 bits per heavy atom. The molecule has 0 aliphatic carbocycles. The van der Waals surface area contributed by atoms with Gasteiger partial charge in [-0.1, -0.05) is 211 Å². The summed E-state index contributed by atoms with van der Waals surface area (Å²) < 4.78 is 46.9. The van der Waals surface area contributed by atoms with E-state index in [1.165, 1.54) is 179 Å². The van der Waals surface area contributed by atoms with Crippen LogP contribution in [-0.2, 0) is 19.6 Å². The van der Waals surface area contributed by atoms with E-state index in [0.717, 1.165) is 57.4 Å². The molecule has 1 aromatic rings. The molecule has 0 atom stereocenters. The van der Waals surface area contributed by atoms with E-state index in [2.05, 4.69) is 13.2 Å². The Hall–Kier alpha value is -0.814. The number of carbonyl (C=O) groups is 2. The summed E-state index contributed by atoms with van der Waals surface area (Å²) in [6, 6.07) is 3.64. The summed E-state index contributed by atoms with van der Waals surface area (Å²) in [7, 11) is -5.02. The third kappa shape index (κ3) is 34.4. The van der Waals surface area contributed by atoms with Crippen molar-refractivity contribution in [3.63, 3.8) is 0 Å². The maximum absolute atomic E-state index is 13.0. The van der Waals surface area contributed by atoms with Gasteiger partial charge in [-0.25, -0.2) is 18.0 Å². The molecular weight excluding hydrogens is 784 g/mol. The van der Waals surface area contributed by atoms with E-state index in [9.17, 15) is 22.6 Å². The van der Waals surface area contributed by atoms with Crippen molar-refractivity contribution in [2.24, 2.45) is 0 Å². The first kappa shape index (κ1) is 58.2. The molecule has 7 nitrogen and oxygen atoms in total. The first-order chi connectivity index (χ1) is 28.3. The second-order valence-corrected chi connectivity index (χ2v) is 17.9. The molecule has 0 amide bonds. The molecule has 1 rings (SSSR count). The molecular formula is C50H85KO7S. The molecule has 0 radical (unpaired) electrons. The van der Waals surface area contributed by atoms with Gasteiger partial charge in [0.05, 0.1) is 29.2 Å². The topological polar surface area (TPSA) is 110 Å². The number of unbranched alkanes of at least 4 members (excludes halogenated alkanes) is 34. The largest absolute Gasteiger partial charge is 1.00 e. The summed E-state index contributed by atoms with van der Waals surface area (Å²) in [5.74, 6) is -1.81. The molecule has 1 aromatic carbocycles. The number of allylic oxidation sites excluding steroid dienone is 2. The molecule has 0 aliphatic rings. The Kier molecular flexibility index (Phi) is 41.9. The Bertz CT molecular complexity index is 1280. The standard InChI is InChI=1S/C50H86O7S.K/c1-3-5-7-9-11-13-15-17-19-21-23-25-27-29-31-33-35-37-39-44-56-49(51)46-42-41-43-47(58(53,54)55)48(46)50(52)57-45-40-38-36-34-32-30-28-26-24-22-20-18-16-14-12-10-8-6-4-2;/h3-4,41-43H,1-2,5-40,44-45H2,(H,53,54,55);/q;+1/p-1. The van der Waals surface area contributed by atoms with Gasteiger partial charge in [-0.2, -0.15) is 0 Å². The second kappa shape index (κ2) is 42.5. The minimum atomic E-state index is -5.02. The van der Waals surface area contributed by atoms with E-state index in [-0.39, 0.29) is 70.2 Å². The normalized spacial score (nSPS) is 11.3. The van der Waals surface area contributed by atoms with E-state index in [1.807, 2.05) is 12.2 Å². The van der Waals surface area contributed by atoms with Crippen LogP contribution in [0.4, 0.5) is 0 Å². The summed E-state index contributed by atoms with van der Waals surface area (Å²) in [5, 5.41) is 0. The zero-order chi connectivity index (χ0) is 42.2. The number of benzene rings is 1. The predicted octanol–water partition coefficient (Wildman–Crippen LogP) is 12.3. The molecule has 0 heterocycles. The van der Waals surface area contributed by atoms with Gasteiger partial charge >= 0.3 is 63.3 Å². The van der Waals surface area contributed by atoms with Crippen LogP contribution in [0.3, 0.4) is 0 Å². The molecule has 0 bridgehead atoms. The molecule has 0 saturated heterocycles. The monoisotopic (exact) mass is 869 g/mol. The average Bonchev–Trinajstić information content (AvgIpc) is 3.21. The quantitative estimate of drug-likeness (QED) is 0.0211. The molecule has 0 unspecified atom stereocenters. The summed E-state index contributed by atoms with van der Waals surface area (Å²) in [6.45, 7) is 7.82. The molecule has 0 spiro atoms. The van der Waals surface area contributed by atoms with Crippen molar-refractivity contribution in [1.82, 2.24) is 0 Å². The Morgan fingerprint density at radius 3 is 1.02 bits per heavy atom. The van der Waals surface area contributed by atoms with Crippen molar-refractivity contribution in [3.8, 4) is 0 Å². The minimum Gasteiger partial charge on any atom is -0.744 e. The van der Waals surface area contributed by atoms with Crippen LogP contribution in [0.5, 0.6) is 0 Å². The van der Waals surface area contributed by atoms with E-state index in [1.54, 1.807) is 0 Å². The smallest absolute Gasteiger partial charge is 0.744 e. The van der Waals surface area contributed by atoms with Crippen molar-refractivity contribution >= 4 is 22.1 Å². The predicted molar refractivity (Wildman–Crippen MR) is 242 cm³/mol. The Labute approximate surface area is 405 Å². The fourth-order valence-electron chi connectivity index (χ4n) is 7.68. The van der Waals surface area contributed by atoms with E-state index < -0.39 is 32.5 Å². The minimum absolute atomic E-state index is 0. The van der Waals surface area contributed by atoms with Crippen LogP contribution in [0.2, 0.25) is 0 Å². The van der Waals surface area contributed by atoms with Gasteiger partial charge in [0.2, 0.25) is 0 Å². The van der Waals surface area contributed by atoms with Crippen LogP contribution in [0.1, 0.15) is 252 Å². The first-order valence-corrected chi connectivity index (χ1v) is 25.4. The molecule has 0 fully saturated rings. The molecule has 334 valence electrons. The van der Waals surface area contributed by atoms with Gasteiger partial charge in [0.15, 0.2) is 0 Å². The third-order valence-electron chi connectivity index (χ3n) is 11.3. The molecule has 0 aromatic heterocycles. The second-order valence-electron chi connectivity index (χ2n) is 16.6. The van der Waals surface area contributed by atoms with E-state index in [4.69, 9.17) is 9.47 Å². The molecule has 9 heteroatoms. The number of esters is 2. The fourth-order valence-corrected chi connectivity index (χ4v) is 8.37. The van der Waals surface area contributed by atoms with Crippen molar-refractivity contribution in [2.45, 2.75) is 236 Å². The van der Waals surface area contributed by atoms with Crippen LogP contribution in [-0.4, -0.2) is 38.1 Å². The van der Waals surface area contributed by atoms with Gasteiger partial charge in [-0.15, -0.1) is 13.2 Å². The summed E-state index contributed by atoms with van der Waals surface area (Å²) in [5.41, 5.74) is -0.773. The van der Waals surface area contributed by atoms with Crippen molar-refractivity contribution in [1.29, 1.82) is 0 Å². The van der Waals surface area contributed by atoms with Gasteiger partial charge in [-0.3, -0.25) is 0 Å². The van der Waals surface area contributed by atoms with Crippen molar-refractivity contribution < 1.29 is 83.4 Å². The Balaban J connectivity index is 0.0000336. The number of ether oxygens (including phenoxy) is 2. The summed E-state index contributed by atoms with van der Waals surface area (Å²) in [6.07, 6.45) is 48.3. The molecule has 0 aliphatic heterocycles. The van der Waals surface area contributed by atoms with Crippen LogP contribution in [0, 0.1) is 0 Å². The summed E-state index contributed by atoms with van der Waals surface area (Å²) in [4.78, 5) is 25.3. The van der Waals surface area contributed by atoms with Crippen LogP contribution < -0.4 is 51.4 Å².